The molecule has 0 unspecified atom stereocenters. The lowest BCUT2D eigenvalue weighted by Crippen LogP contribution is -2.42. The molecule has 0 atom stereocenters. The van der Waals surface area contributed by atoms with Gasteiger partial charge in [0.05, 0.1) is 0 Å². The molecule has 1 aliphatic heterocycles. The van der Waals surface area contributed by atoms with Gasteiger partial charge in [-0.05, 0) is 26.7 Å². The number of rotatable bonds is 3. The first-order valence-corrected chi connectivity index (χ1v) is 6.09. The maximum Gasteiger partial charge on any atom is 0.157 e. The van der Waals surface area contributed by atoms with Crippen molar-refractivity contribution in [2.75, 3.05) is 5.75 Å². The molecular weight excluding hydrogens is 180 g/mol. The van der Waals surface area contributed by atoms with Gasteiger partial charge in [-0.2, -0.15) is 0 Å². The van der Waals surface area contributed by atoms with Crippen molar-refractivity contribution in [3.8, 4) is 0 Å². The van der Waals surface area contributed by atoms with E-state index < -0.39 is 0 Å². The van der Waals surface area contributed by atoms with Crippen LogP contribution in [-0.4, -0.2) is 22.5 Å². The average Bonchev–Trinajstić information content (AvgIpc) is 2.48. The zero-order chi connectivity index (χ0) is 9.90. The molecule has 1 heterocycles. The van der Waals surface area contributed by atoms with Gasteiger partial charge < -0.3 is 5.32 Å². The molecule has 1 aliphatic rings. The van der Waals surface area contributed by atoms with Gasteiger partial charge in [0.2, 0.25) is 0 Å². The quantitative estimate of drug-likeness (QED) is 0.757. The number of hydrogen-bond donors (Lipinski definition) is 1. The summed E-state index contributed by atoms with van der Waals surface area (Å²) in [5.41, 5.74) is 0.318. The summed E-state index contributed by atoms with van der Waals surface area (Å²) in [7, 11) is 0. The van der Waals surface area contributed by atoms with Crippen molar-refractivity contribution in [3.63, 3.8) is 0 Å². The molecule has 1 N–H and O–H groups in total. The fraction of sp³-hybridized carbons (Fsp3) is 0.900. The van der Waals surface area contributed by atoms with Crippen LogP contribution in [-0.2, 0) is 0 Å². The number of amidine groups is 1. The minimum atomic E-state index is 0.318. The molecule has 0 bridgehead atoms. The Morgan fingerprint density at radius 3 is 2.46 bits per heavy atom. The van der Waals surface area contributed by atoms with Gasteiger partial charge in [-0.1, -0.05) is 25.6 Å². The molecule has 0 aliphatic carbocycles. The van der Waals surface area contributed by atoms with E-state index in [4.69, 9.17) is 0 Å². The second kappa shape index (κ2) is 4.36. The fourth-order valence-corrected chi connectivity index (χ4v) is 2.91. The van der Waals surface area contributed by atoms with Crippen LogP contribution in [0.5, 0.6) is 0 Å². The van der Waals surface area contributed by atoms with E-state index in [1.54, 1.807) is 0 Å². The highest BCUT2D eigenvalue weighted by atomic mass is 32.2. The predicted molar refractivity (Wildman–Crippen MR) is 61.5 cm³/mol. The molecule has 2 nitrogen and oxygen atoms in total. The maximum absolute atomic E-state index is 4.54. The Hall–Kier alpha value is -0.180. The summed E-state index contributed by atoms with van der Waals surface area (Å²) in [5.74, 6) is 1.17. The Labute approximate surface area is 85.6 Å². The summed E-state index contributed by atoms with van der Waals surface area (Å²) >= 11 is 1.87. The smallest absolute Gasteiger partial charge is 0.157 e. The van der Waals surface area contributed by atoms with Crippen LogP contribution in [0.3, 0.4) is 0 Å². The van der Waals surface area contributed by atoms with Gasteiger partial charge in [-0.15, -0.1) is 0 Å². The SMILES string of the molecule is CCC1(CC)CSC(=NC(C)C)N1. The highest BCUT2D eigenvalue weighted by molar-refractivity contribution is 8.14. The predicted octanol–water partition coefficient (Wildman–Crippen LogP) is 2.65. The van der Waals surface area contributed by atoms with Crippen LogP contribution in [0, 0.1) is 0 Å². The molecule has 0 radical (unpaired) electrons. The molecule has 0 aromatic heterocycles. The largest absolute Gasteiger partial charge is 0.359 e. The van der Waals surface area contributed by atoms with E-state index in [-0.39, 0.29) is 0 Å². The molecule has 13 heavy (non-hydrogen) atoms. The summed E-state index contributed by atoms with van der Waals surface area (Å²) in [5, 5.41) is 4.69. The molecule has 0 aromatic carbocycles. The second-order valence-electron chi connectivity index (χ2n) is 3.93. The summed E-state index contributed by atoms with van der Waals surface area (Å²) in [6, 6.07) is 0.402. The van der Waals surface area contributed by atoms with E-state index in [1.807, 2.05) is 11.8 Å². The third kappa shape index (κ3) is 2.63. The zero-order valence-corrected chi connectivity index (χ0v) is 9.87. The Balaban J connectivity index is 2.61. The van der Waals surface area contributed by atoms with E-state index in [1.165, 1.54) is 18.6 Å². The number of aliphatic imine (C=N–C) groups is 1. The Morgan fingerprint density at radius 1 is 1.46 bits per heavy atom. The Kier molecular flexibility index (Phi) is 3.65. The van der Waals surface area contributed by atoms with E-state index in [9.17, 15) is 0 Å². The van der Waals surface area contributed by atoms with E-state index in [0.29, 0.717) is 11.6 Å². The average molecular weight is 200 g/mol. The third-order valence-electron chi connectivity index (χ3n) is 2.59. The van der Waals surface area contributed by atoms with Gasteiger partial charge in [0.1, 0.15) is 0 Å². The van der Waals surface area contributed by atoms with Crippen LogP contribution in [0.4, 0.5) is 0 Å². The van der Waals surface area contributed by atoms with Crippen molar-refractivity contribution in [2.24, 2.45) is 4.99 Å². The molecule has 1 fully saturated rings. The van der Waals surface area contributed by atoms with Crippen LogP contribution < -0.4 is 5.32 Å². The van der Waals surface area contributed by atoms with Gasteiger partial charge in [0.25, 0.3) is 0 Å². The van der Waals surface area contributed by atoms with E-state index in [2.05, 4.69) is 38.0 Å². The molecule has 1 rings (SSSR count). The molecule has 76 valence electrons. The van der Waals surface area contributed by atoms with E-state index >= 15 is 0 Å². The lowest BCUT2D eigenvalue weighted by Gasteiger charge is -2.25. The lowest BCUT2D eigenvalue weighted by molar-refractivity contribution is 0.407. The minimum absolute atomic E-state index is 0.318. The van der Waals surface area contributed by atoms with Gasteiger partial charge in [0.15, 0.2) is 5.17 Å². The number of nitrogens with one attached hydrogen (secondary N) is 1. The van der Waals surface area contributed by atoms with Crippen LogP contribution in [0.25, 0.3) is 0 Å². The van der Waals surface area contributed by atoms with Crippen molar-refractivity contribution in [1.29, 1.82) is 0 Å². The first-order valence-electron chi connectivity index (χ1n) is 5.10. The van der Waals surface area contributed by atoms with Crippen LogP contribution in [0.15, 0.2) is 4.99 Å². The van der Waals surface area contributed by atoms with Crippen molar-refractivity contribution in [2.45, 2.75) is 52.1 Å². The Morgan fingerprint density at radius 2 is 2.08 bits per heavy atom. The van der Waals surface area contributed by atoms with Crippen LogP contribution in [0.1, 0.15) is 40.5 Å². The normalized spacial score (nSPS) is 23.9. The molecular formula is C10H20N2S. The summed E-state index contributed by atoms with van der Waals surface area (Å²) in [6.07, 6.45) is 2.38. The highest BCUT2D eigenvalue weighted by Gasteiger charge is 2.33. The third-order valence-corrected chi connectivity index (χ3v) is 3.76. The molecule has 1 saturated heterocycles. The maximum atomic E-state index is 4.54. The molecule has 0 aromatic rings. The fourth-order valence-electron chi connectivity index (χ4n) is 1.44. The lowest BCUT2D eigenvalue weighted by atomic mass is 9.96. The van der Waals surface area contributed by atoms with Crippen LogP contribution >= 0.6 is 11.8 Å². The number of nitrogens with zero attached hydrogens (tertiary/aromatic N) is 1. The van der Waals surface area contributed by atoms with E-state index in [0.717, 1.165) is 5.17 Å². The molecule has 0 saturated carbocycles. The summed E-state index contributed by atoms with van der Waals surface area (Å²) in [4.78, 5) is 4.54. The van der Waals surface area contributed by atoms with Crippen molar-refractivity contribution >= 4 is 16.9 Å². The highest BCUT2D eigenvalue weighted by Crippen LogP contribution is 2.29. The molecule has 0 spiro atoms. The monoisotopic (exact) mass is 200 g/mol. The number of thioether (sulfide) groups is 1. The zero-order valence-electron chi connectivity index (χ0n) is 9.05. The molecule has 3 heteroatoms. The number of hydrogen-bond acceptors (Lipinski definition) is 2. The van der Waals surface area contributed by atoms with Gasteiger partial charge >= 0.3 is 0 Å². The summed E-state index contributed by atoms with van der Waals surface area (Å²) < 4.78 is 0. The standard InChI is InChI=1S/C10H20N2S/c1-5-10(6-2)7-13-9(12-10)11-8(3)4/h8H,5-7H2,1-4H3,(H,11,12). The minimum Gasteiger partial charge on any atom is -0.359 e. The van der Waals surface area contributed by atoms with Gasteiger partial charge in [0, 0.05) is 17.3 Å². The second-order valence-corrected chi connectivity index (χ2v) is 4.89. The summed E-state index contributed by atoms with van der Waals surface area (Å²) in [6.45, 7) is 8.73. The first-order chi connectivity index (χ1) is 6.12. The topological polar surface area (TPSA) is 24.4 Å². The molecule has 0 amide bonds. The van der Waals surface area contributed by atoms with Crippen molar-refractivity contribution in [3.05, 3.63) is 0 Å². The van der Waals surface area contributed by atoms with Crippen molar-refractivity contribution < 1.29 is 0 Å². The Bertz CT molecular complexity index is 195. The first kappa shape index (κ1) is 10.9. The van der Waals surface area contributed by atoms with Gasteiger partial charge in [-0.25, -0.2) is 0 Å². The van der Waals surface area contributed by atoms with Crippen LogP contribution in [0.2, 0.25) is 0 Å². The van der Waals surface area contributed by atoms with Gasteiger partial charge in [-0.3, -0.25) is 4.99 Å². The van der Waals surface area contributed by atoms with Crippen molar-refractivity contribution in [1.82, 2.24) is 5.32 Å².